The van der Waals surface area contributed by atoms with Gasteiger partial charge in [-0.1, -0.05) is 60.7 Å². The molecule has 0 radical (unpaired) electrons. The molecule has 28 heavy (non-hydrogen) atoms. The highest BCUT2D eigenvalue weighted by Gasteiger charge is 2.11. The minimum atomic E-state index is 0.692. The van der Waals surface area contributed by atoms with Crippen molar-refractivity contribution in [3.05, 3.63) is 97.1 Å². The van der Waals surface area contributed by atoms with Gasteiger partial charge in [0.25, 0.3) is 0 Å². The van der Waals surface area contributed by atoms with E-state index >= 15 is 0 Å². The third-order valence-electron chi connectivity index (χ3n) is 4.60. The fraction of sp³-hybridized carbons (Fsp3) is 0. The summed E-state index contributed by atoms with van der Waals surface area (Å²) in [5.74, 6) is 1.38. The van der Waals surface area contributed by atoms with E-state index in [4.69, 9.17) is 9.97 Å². The van der Waals surface area contributed by atoms with E-state index in [0.717, 1.165) is 33.2 Å². The van der Waals surface area contributed by atoms with Crippen LogP contribution in [-0.2, 0) is 0 Å². The van der Waals surface area contributed by atoms with Crippen LogP contribution in [0.4, 0.5) is 23.0 Å². The summed E-state index contributed by atoms with van der Waals surface area (Å²) in [5.41, 5.74) is 3.65. The molecule has 4 aromatic carbocycles. The molecule has 4 nitrogen and oxygen atoms in total. The minimum Gasteiger partial charge on any atom is -0.337 e. The molecule has 0 saturated carbocycles. The van der Waals surface area contributed by atoms with E-state index in [-0.39, 0.29) is 0 Å². The number of fused-ring (bicyclic) bond motifs is 2. The molecule has 1 aromatic heterocycles. The van der Waals surface area contributed by atoms with Gasteiger partial charge in [0.2, 0.25) is 0 Å². The Morgan fingerprint density at radius 3 is 1.29 bits per heavy atom. The van der Waals surface area contributed by atoms with Crippen molar-refractivity contribution in [2.75, 3.05) is 10.6 Å². The normalized spacial score (nSPS) is 10.9. The highest BCUT2D eigenvalue weighted by atomic mass is 15.1. The lowest BCUT2D eigenvalue weighted by atomic mass is 10.1. The van der Waals surface area contributed by atoms with Crippen LogP contribution in [0.1, 0.15) is 0 Å². The average Bonchev–Trinajstić information content (AvgIpc) is 2.74. The molecule has 0 saturated heterocycles. The predicted octanol–water partition coefficient (Wildman–Crippen LogP) is 6.27. The molecule has 134 valence electrons. The van der Waals surface area contributed by atoms with Crippen molar-refractivity contribution in [2.45, 2.75) is 0 Å². The van der Waals surface area contributed by atoms with E-state index in [1.807, 2.05) is 72.8 Å². The third kappa shape index (κ3) is 3.23. The average molecular weight is 362 g/mol. The van der Waals surface area contributed by atoms with Crippen LogP contribution in [0.15, 0.2) is 97.1 Å². The van der Waals surface area contributed by atoms with Crippen LogP contribution in [-0.4, -0.2) is 9.97 Å². The zero-order valence-corrected chi connectivity index (χ0v) is 15.1. The van der Waals surface area contributed by atoms with E-state index in [2.05, 4.69) is 34.9 Å². The maximum Gasteiger partial charge on any atom is 0.174 e. The van der Waals surface area contributed by atoms with Gasteiger partial charge < -0.3 is 10.6 Å². The Kier molecular flexibility index (Phi) is 4.07. The molecule has 0 bridgehead atoms. The van der Waals surface area contributed by atoms with Crippen molar-refractivity contribution in [1.29, 1.82) is 0 Å². The molecular weight excluding hydrogens is 344 g/mol. The highest BCUT2D eigenvalue weighted by Crippen LogP contribution is 2.29. The van der Waals surface area contributed by atoms with E-state index < -0.39 is 0 Å². The molecule has 0 spiro atoms. The maximum absolute atomic E-state index is 4.88. The van der Waals surface area contributed by atoms with Gasteiger partial charge in [-0.3, -0.25) is 0 Å². The van der Waals surface area contributed by atoms with Crippen LogP contribution in [0.5, 0.6) is 0 Å². The lowest BCUT2D eigenvalue weighted by Gasteiger charge is -2.14. The van der Waals surface area contributed by atoms with Gasteiger partial charge in [-0.25, -0.2) is 9.97 Å². The Hall–Kier alpha value is -3.92. The minimum absolute atomic E-state index is 0.692. The fourth-order valence-corrected chi connectivity index (χ4v) is 3.23. The molecule has 0 aliphatic rings. The SMILES string of the molecule is c1ccc(Nc2nc3cc4ccccc4cc3nc2Nc2ccccc2)cc1. The van der Waals surface area contributed by atoms with Gasteiger partial charge in [-0.2, -0.15) is 0 Å². The van der Waals surface area contributed by atoms with Crippen molar-refractivity contribution >= 4 is 44.8 Å². The van der Waals surface area contributed by atoms with Gasteiger partial charge in [-0.15, -0.1) is 0 Å². The van der Waals surface area contributed by atoms with Crippen molar-refractivity contribution < 1.29 is 0 Å². The summed E-state index contributed by atoms with van der Waals surface area (Å²) in [6, 6.07) is 32.4. The van der Waals surface area contributed by atoms with Crippen molar-refractivity contribution in [3.63, 3.8) is 0 Å². The first-order valence-electron chi connectivity index (χ1n) is 9.20. The van der Waals surface area contributed by atoms with E-state index in [1.165, 1.54) is 0 Å². The Morgan fingerprint density at radius 2 is 0.857 bits per heavy atom. The van der Waals surface area contributed by atoms with Crippen LogP contribution < -0.4 is 10.6 Å². The fourth-order valence-electron chi connectivity index (χ4n) is 3.23. The lowest BCUT2D eigenvalue weighted by molar-refractivity contribution is 1.27. The molecule has 0 atom stereocenters. The number of aromatic nitrogens is 2. The Labute approximate surface area is 162 Å². The van der Waals surface area contributed by atoms with Crippen LogP contribution in [0.3, 0.4) is 0 Å². The number of benzene rings is 4. The molecule has 2 N–H and O–H groups in total. The number of para-hydroxylation sites is 2. The summed E-state index contributed by atoms with van der Waals surface area (Å²) in [6.07, 6.45) is 0. The summed E-state index contributed by atoms with van der Waals surface area (Å²) in [4.78, 5) is 9.76. The Morgan fingerprint density at radius 1 is 0.464 bits per heavy atom. The predicted molar refractivity (Wildman–Crippen MR) is 116 cm³/mol. The first kappa shape index (κ1) is 16.3. The molecule has 0 aliphatic heterocycles. The largest absolute Gasteiger partial charge is 0.337 e. The molecule has 1 heterocycles. The first-order valence-corrected chi connectivity index (χ1v) is 9.20. The van der Waals surface area contributed by atoms with Gasteiger partial charge in [0.05, 0.1) is 11.0 Å². The second-order valence-electron chi connectivity index (χ2n) is 6.59. The third-order valence-corrected chi connectivity index (χ3v) is 4.60. The highest BCUT2D eigenvalue weighted by molar-refractivity contribution is 5.96. The lowest BCUT2D eigenvalue weighted by Crippen LogP contribution is -2.03. The van der Waals surface area contributed by atoms with Crippen molar-refractivity contribution in [3.8, 4) is 0 Å². The molecule has 0 unspecified atom stereocenters. The summed E-state index contributed by atoms with van der Waals surface area (Å²) in [7, 11) is 0. The Balaban J connectivity index is 1.66. The van der Waals surface area contributed by atoms with Crippen LogP contribution >= 0.6 is 0 Å². The number of hydrogen-bond donors (Lipinski definition) is 2. The number of hydrogen-bond acceptors (Lipinski definition) is 4. The second kappa shape index (κ2) is 7.00. The number of nitrogens with zero attached hydrogens (tertiary/aromatic N) is 2. The van der Waals surface area contributed by atoms with Crippen molar-refractivity contribution in [2.24, 2.45) is 0 Å². The molecular formula is C24H18N4. The monoisotopic (exact) mass is 362 g/mol. The van der Waals surface area contributed by atoms with Gasteiger partial charge in [0.15, 0.2) is 11.6 Å². The quantitative estimate of drug-likeness (QED) is 0.370. The van der Waals surface area contributed by atoms with Crippen LogP contribution in [0.2, 0.25) is 0 Å². The van der Waals surface area contributed by atoms with Crippen molar-refractivity contribution in [1.82, 2.24) is 9.97 Å². The summed E-state index contributed by atoms with van der Waals surface area (Å²) >= 11 is 0. The van der Waals surface area contributed by atoms with Gasteiger partial charge >= 0.3 is 0 Å². The second-order valence-corrected chi connectivity index (χ2v) is 6.59. The molecule has 4 heteroatoms. The maximum atomic E-state index is 4.88. The number of nitrogens with one attached hydrogen (secondary N) is 2. The summed E-state index contributed by atoms with van der Waals surface area (Å²) < 4.78 is 0. The summed E-state index contributed by atoms with van der Waals surface area (Å²) in [6.45, 7) is 0. The molecule has 0 aliphatic carbocycles. The van der Waals surface area contributed by atoms with Gasteiger partial charge in [0.1, 0.15) is 0 Å². The number of anilines is 4. The zero-order valence-electron chi connectivity index (χ0n) is 15.1. The number of rotatable bonds is 4. The van der Waals surface area contributed by atoms with Gasteiger partial charge in [-0.05, 0) is 47.2 Å². The van der Waals surface area contributed by atoms with E-state index in [9.17, 15) is 0 Å². The standard InChI is InChI=1S/C24H18N4/c1-3-11-19(12-4-1)25-23-24(26-20-13-5-2-6-14-20)28-22-16-18-10-8-7-9-17(18)15-21(22)27-23/h1-16H,(H,25,27)(H,26,28). The van der Waals surface area contributed by atoms with Gasteiger partial charge in [0, 0.05) is 11.4 Å². The molecule has 5 rings (SSSR count). The smallest absolute Gasteiger partial charge is 0.174 e. The van der Waals surface area contributed by atoms with Crippen LogP contribution in [0, 0.1) is 0 Å². The first-order chi connectivity index (χ1) is 13.8. The topological polar surface area (TPSA) is 49.8 Å². The zero-order chi connectivity index (χ0) is 18.8. The Bertz CT molecular complexity index is 1150. The van der Waals surface area contributed by atoms with E-state index in [0.29, 0.717) is 11.6 Å². The summed E-state index contributed by atoms with van der Waals surface area (Å²) in [5, 5.41) is 9.10. The molecule has 0 fully saturated rings. The van der Waals surface area contributed by atoms with E-state index in [1.54, 1.807) is 0 Å². The molecule has 5 aromatic rings. The molecule has 0 amide bonds. The van der Waals surface area contributed by atoms with Crippen LogP contribution in [0.25, 0.3) is 21.8 Å².